The molecule has 72 valence electrons. The van der Waals surface area contributed by atoms with Gasteiger partial charge in [-0.15, -0.1) is 0 Å². The van der Waals surface area contributed by atoms with E-state index in [0.29, 0.717) is 16.7 Å². The SMILES string of the molecule is Nc1cc(-n2cc(Cl)cn2)nc(N)n1. The molecule has 0 fully saturated rings. The van der Waals surface area contributed by atoms with Gasteiger partial charge in [-0.25, -0.2) is 4.68 Å². The van der Waals surface area contributed by atoms with Crippen LogP contribution in [0.2, 0.25) is 5.02 Å². The normalized spacial score (nSPS) is 10.4. The number of halogens is 1. The van der Waals surface area contributed by atoms with Gasteiger partial charge >= 0.3 is 0 Å². The fraction of sp³-hybridized carbons (Fsp3) is 0. The molecule has 4 N–H and O–H groups in total. The van der Waals surface area contributed by atoms with E-state index in [1.54, 1.807) is 12.3 Å². The van der Waals surface area contributed by atoms with Crippen LogP contribution in [0.15, 0.2) is 18.5 Å². The predicted molar refractivity (Wildman–Crippen MR) is 53.0 cm³/mol. The topological polar surface area (TPSA) is 95.6 Å². The molecule has 0 atom stereocenters. The summed E-state index contributed by atoms with van der Waals surface area (Å²) >= 11 is 5.70. The first-order valence-corrected chi connectivity index (χ1v) is 4.13. The van der Waals surface area contributed by atoms with E-state index >= 15 is 0 Å². The lowest BCUT2D eigenvalue weighted by molar-refractivity contribution is 0.844. The molecule has 14 heavy (non-hydrogen) atoms. The van der Waals surface area contributed by atoms with Crippen LogP contribution >= 0.6 is 11.6 Å². The standard InChI is InChI=1S/C7H7ClN6/c8-4-2-11-14(3-4)6-1-5(9)12-7(10)13-6/h1-3H,(H4,9,10,12,13). The van der Waals surface area contributed by atoms with Gasteiger partial charge in [-0.3, -0.25) is 0 Å². The first-order valence-electron chi connectivity index (χ1n) is 3.76. The van der Waals surface area contributed by atoms with E-state index in [2.05, 4.69) is 15.1 Å². The summed E-state index contributed by atoms with van der Waals surface area (Å²) in [6.45, 7) is 0. The fourth-order valence-corrected chi connectivity index (χ4v) is 1.15. The molecule has 7 heteroatoms. The maximum absolute atomic E-state index is 5.70. The van der Waals surface area contributed by atoms with Crippen LogP contribution in [0.3, 0.4) is 0 Å². The molecular weight excluding hydrogens is 204 g/mol. The summed E-state index contributed by atoms with van der Waals surface area (Å²) in [5.41, 5.74) is 10.9. The molecule has 2 aromatic heterocycles. The van der Waals surface area contributed by atoms with E-state index < -0.39 is 0 Å². The molecular formula is C7H7ClN6. The van der Waals surface area contributed by atoms with Crippen molar-refractivity contribution >= 4 is 23.4 Å². The van der Waals surface area contributed by atoms with Crippen LogP contribution in [0.5, 0.6) is 0 Å². The van der Waals surface area contributed by atoms with Crippen molar-refractivity contribution in [2.24, 2.45) is 0 Å². The van der Waals surface area contributed by atoms with Gasteiger partial charge in [0.1, 0.15) is 5.82 Å². The van der Waals surface area contributed by atoms with Crippen LogP contribution < -0.4 is 11.5 Å². The van der Waals surface area contributed by atoms with Gasteiger partial charge in [0.2, 0.25) is 5.95 Å². The first-order chi connectivity index (χ1) is 6.65. The second kappa shape index (κ2) is 3.15. The molecule has 0 aromatic carbocycles. The molecule has 0 unspecified atom stereocenters. The Kier molecular flexibility index (Phi) is 1.97. The lowest BCUT2D eigenvalue weighted by Crippen LogP contribution is -2.05. The molecule has 0 saturated heterocycles. The van der Waals surface area contributed by atoms with Crippen molar-refractivity contribution in [2.45, 2.75) is 0 Å². The Labute approximate surface area is 84.5 Å². The number of nitrogens with two attached hydrogens (primary N) is 2. The third kappa shape index (κ3) is 1.60. The van der Waals surface area contributed by atoms with Crippen LogP contribution in [0.25, 0.3) is 5.82 Å². The van der Waals surface area contributed by atoms with Gasteiger partial charge in [0.15, 0.2) is 5.82 Å². The van der Waals surface area contributed by atoms with Crippen molar-refractivity contribution < 1.29 is 0 Å². The number of nitrogens with zero attached hydrogens (tertiary/aromatic N) is 4. The lowest BCUT2D eigenvalue weighted by atomic mass is 10.5. The van der Waals surface area contributed by atoms with Crippen molar-refractivity contribution in [2.75, 3.05) is 11.5 Å². The summed E-state index contributed by atoms with van der Waals surface area (Å²) in [6.07, 6.45) is 3.10. The quantitative estimate of drug-likeness (QED) is 0.714. The van der Waals surface area contributed by atoms with E-state index in [4.69, 9.17) is 23.1 Å². The minimum Gasteiger partial charge on any atom is -0.383 e. The van der Waals surface area contributed by atoms with E-state index in [1.165, 1.54) is 10.9 Å². The average Bonchev–Trinajstić information content (AvgIpc) is 2.50. The second-order valence-corrected chi connectivity index (χ2v) is 3.05. The Morgan fingerprint density at radius 1 is 1.29 bits per heavy atom. The van der Waals surface area contributed by atoms with Crippen molar-refractivity contribution in [1.29, 1.82) is 0 Å². The third-order valence-corrected chi connectivity index (χ3v) is 1.73. The van der Waals surface area contributed by atoms with Crippen molar-refractivity contribution in [3.05, 3.63) is 23.5 Å². The van der Waals surface area contributed by atoms with Gasteiger partial charge in [0, 0.05) is 6.07 Å². The zero-order valence-corrected chi connectivity index (χ0v) is 7.81. The summed E-state index contributed by atoms with van der Waals surface area (Å²) in [6, 6.07) is 1.56. The predicted octanol–water partition coefficient (Wildman–Crippen LogP) is 0.480. The minimum absolute atomic E-state index is 0.103. The Hall–Kier alpha value is -1.82. The largest absolute Gasteiger partial charge is 0.383 e. The Bertz CT molecular complexity index is 445. The summed E-state index contributed by atoms with van der Waals surface area (Å²) in [4.78, 5) is 7.68. The highest BCUT2D eigenvalue weighted by molar-refractivity contribution is 6.30. The van der Waals surface area contributed by atoms with E-state index in [0.717, 1.165) is 0 Å². The molecule has 6 nitrogen and oxygen atoms in total. The molecule has 0 saturated carbocycles. The van der Waals surface area contributed by atoms with Crippen molar-refractivity contribution in [1.82, 2.24) is 19.7 Å². The monoisotopic (exact) mass is 210 g/mol. The molecule has 0 bridgehead atoms. The number of hydrogen-bond acceptors (Lipinski definition) is 5. The average molecular weight is 211 g/mol. The zero-order valence-electron chi connectivity index (χ0n) is 7.05. The molecule has 0 radical (unpaired) electrons. The van der Waals surface area contributed by atoms with E-state index in [-0.39, 0.29) is 5.95 Å². The molecule has 0 aliphatic carbocycles. The van der Waals surface area contributed by atoms with Gasteiger partial charge in [0.05, 0.1) is 17.4 Å². The highest BCUT2D eigenvalue weighted by Crippen LogP contribution is 2.12. The number of aromatic nitrogens is 4. The van der Waals surface area contributed by atoms with Crippen LogP contribution in [0.4, 0.5) is 11.8 Å². The van der Waals surface area contributed by atoms with Gasteiger partial charge in [0.25, 0.3) is 0 Å². The Morgan fingerprint density at radius 3 is 2.64 bits per heavy atom. The van der Waals surface area contributed by atoms with Gasteiger partial charge in [-0.05, 0) is 0 Å². The molecule has 0 spiro atoms. The summed E-state index contributed by atoms with van der Waals surface area (Å²) < 4.78 is 1.47. The summed E-state index contributed by atoms with van der Waals surface area (Å²) in [5.74, 6) is 0.882. The van der Waals surface area contributed by atoms with E-state index in [9.17, 15) is 0 Å². The second-order valence-electron chi connectivity index (χ2n) is 2.61. The lowest BCUT2D eigenvalue weighted by Gasteiger charge is -2.01. The van der Waals surface area contributed by atoms with E-state index in [1.807, 2.05) is 0 Å². The van der Waals surface area contributed by atoms with Gasteiger partial charge in [-0.1, -0.05) is 11.6 Å². The molecule has 0 aliphatic rings. The highest BCUT2D eigenvalue weighted by Gasteiger charge is 2.03. The molecule has 0 aliphatic heterocycles. The highest BCUT2D eigenvalue weighted by atomic mass is 35.5. The third-order valence-electron chi connectivity index (χ3n) is 1.54. The number of nitrogen functional groups attached to an aromatic ring is 2. The van der Waals surface area contributed by atoms with Crippen molar-refractivity contribution in [3.63, 3.8) is 0 Å². The maximum atomic E-state index is 5.70. The van der Waals surface area contributed by atoms with Gasteiger partial charge < -0.3 is 11.5 Å². The van der Waals surface area contributed by atoms with Crippen molar-refractivity contribution in [3.8, 4) is 5.82 Å². The number of rotatable bonds is 1. The summed E-state index contributed by atoms with van der Waals surface area (Å²) in [7, 11) is 0. The molecule has 2 rings (SSSR count). The van der Waals surface area contributed by atoms with Crippen LogP contribution in [-0.4, -0.2) is 19.7 Å². The Balaban J connectivity index is 2.51. The molecule has 0 amide bonds. The summed E-state index contributed by atoms with van der Waals surface area (Å²) in [5, 5.41) is 4.47. The molecule has 2 heterocycles. The Morgan fingerprint density at radius 2 is 2.07 bits per heavy atom. The van der Waals surface area contributed by atoms with Gasteiger partial charge in [-0.2, -0.15) is 15.1 Å². The number of anilines is 2. The van der Waals surface area contributed by atoms with Crippen LogP contribution in [0.1, 0.15) is 0 Å². The molecule has 2 aromatic rings. The fourth-order valence-electron chi connectivity index (χ4n) is 1.01. The zero-order chi connectivity index (χ0) is 10.1. The minimum atomic E-state index is 0.103. The first kappa shape index (κ1) is 8.76. The number of hydrogen-bond donors (Lipinski definition) is 2. The van der Waals surface area contributed by atoms with Crippen LogP contribution in [0, 0.1) is 0 Å². The maximum Gasteiger partial charge on any atom is 0.224 e. The van der Waals surface area contributed by atoms with Crippen LogP contribution in [-0.2, 0) is 0 Å². The smallest absolute Gasteiger partial charge is 0.224 e.